The van der Waals surface area contributed by atoms with Crippen molar-refractivity contribution in [1.29, 1.82) is 0 Å². The van der Waals surface area contributed by atoms with Gasteiger partial charge in [-0.1, -0.05) is 78.9 Å². The monoisotopic (exact) mass is 472 g/mol. The first-order valence-electron chi connectivity index (χ1n) is 11.7. The quantitative estimate of drug-likeness (QED) is 0.385. The third kappa shape index (κ3) is 6.06. The van der Waals surface area contributed by atoms with Crippen LogP contribution in [-0.2, 0) is 20.7 Å². The number of alkyl carbamates (subject to hydrolysis) is 1. The van der Waals surface area contributed by atoms with Crippen molar-refractivity contribution in [3.05, 3.63) is 95.6 Å². The van der Waals surface area contributed by atoms with E-state index in [0.29, 0.717) is 6.42 Å². The highest BCUT2D eigenvalue weighted by atomic mass is 16.5. The molecule has 1 aliphatic carbocycles. The second kappa shape index (κ2) is 11.3. The van der Waals surface area contributed by atoms with Crippen LogP contribution in [0, 0.1) is 0 Å². The van der Waals surface area contributed by atoms with Crippen molar-refractivity contribution in [2.75, 3.05) is 13.2 Å². The number of carbonyl (C=O) groups excluding carboxylic acids is 2. The highest BCUT2D eigenvalue weighted by Crippen LogP contribution is 2.44. The molecule has 7 heteroatoms. The number of nitrogens with one attached hydrogen (secondary N) is 2. The number of benzene rings is 3. The van der Waals surface area contributed by atoms with Gasteiger partial charge in [0.2, 0.25) is 5.91 Å². The zero-order valence-corrected chi connectivity index (χ0v) is 19.3. The van der Waals surface area contributed by atoms with Crippen LogP contribution < -0.4 is 10.6 Å². The fraction of sp³-hybridized carbons (Fsp3) is 0.250. The van der Waals surface area contributed by atoms with Crippen molar-refractivity contribution in [2.24, 2.45) is 0 Å². The predicted molar refractivity (Wildman–Crippen MR) is 132 cm³/mol. The van der Waals surface area contributed by atoms with Gasteiger partial charge in [0, 0.05) is 25.3 Å². The summed E-state index contributed by atoms with van der Waals surface area (Å²) in [7, 11) is 0. The van der Waals surface area contributed by atoms with Crippen LogP contribution in [0.25, 0.3) is 11.1 Å². The van der Waals surface area contributed by atoms with Gasteiger partial charge in [0.05, 0.1) is 0 Å². The van der Waals surface area contributed by atoms with E-state index in [9.17, 15) is 14.4 Å². The number of carboxylic acids is 1. The molecular weight excluding hydrogens is 444 g/mol. The van der Waals surface area contributed by atoms with Gasteiger partial charge in [0.25, 0.3) is 0 Å². The van der Waals surface area contributed by atoms with Crippen LogP contribution in [0.5, 0.6) is 0 Å². The summed E-state index contributed by atoms with van der Waals surface area (Å²) in [5.74, 6) is -1.38. The van der Waals surface area contributed by atoms with E-state index < -0.39 is 18.1 Å². The Hall–Kier alpha value is -4.13. The maximum atomic E-state index is 12.8. The first kappa shape index (κ1) is 24.0. The molecular formula is C28H28N2O5. The standard InChI is InChI=1S/C28H28N2O5/c31-26(32)15-8-16-29-27(33)25(17-19-9-2-1-3-10-19)30-28(34)35-18-24-22-13-6-4-11-20(22)21-12-5-7-14-23(21)24/h1-7,9-14,24-25H,8,15-18H2,(H,29,33)(H,30,34)(H,31,32)/t25-/m0/s1. The number of hydrogen-bond donors (Lipinski definition) is 3. The van der Waals surface area contributed by atoms with Crippen LogP contribution in [0.2, 0.25) is 0 Å². The molecule has 35 heavy (non-hydrogen) atoms. The Kier molecular flexibility index (Phi) is 7.77. The van der Waals surface area contributed by atoms with Crippen LogP contribution in [0.15, 0.2) is 78.9 Å². The highest BCUT2D eigenvalue weighted by Gasteiger charge is 2.29. The normalized spacial score (nSPS) is 12.8. The predicted octanol–water partition coefficient (Wildman–Crippen LogP) is 4.12. The number of ether oxygens (including phenoxy) is 1. The molecule has 180 valence electrons. The maximum Gasteiger partial charge on any atom is 0.407 e. The SMILES string of the molecule is O=C(O)CCCNC(=O)[C@H](Cc1ccccc1)NC(=O)OCC1c2ccccc2-c2ccccc21. The van der Waals surface area contributed by atoms with Crippen LogP contribution in [0.3, 0.4) is 0 Å². The molecule has 0 unspecified atom stereocenters. The van der Waals surface area contributed by atoms with E-state index in [-0.39, 0.29) is 37.8 Å². The van der Waals surface area contributed by atoms with E-state index in [4.69, 9.17) is 9.84 Å². The van der Waals surface area contributed by atoms with E-state index in [2.05, 4.69) is 22.8 Å². The number of amides is 2. The zero-order valence-electron chi connectivity index (χ0n) is 19.3. The molecule has 2 amide bonds. The Morgan fingerprint density at radius 1 is 0.857 bits per heavy atom. The molecule has 0 heterocycles. The van der Waals surface area contributed by atoms with E-state index >= 15 is 0 Å². The molecule has 1 aliphatic rings. The highest BCUT2D eigenvalue weighted by molar-refractivity contribution is 5.86. The third-order valence-corrected chi connectivity index (χ3v) is 6.10. The Labute approximate surface area is 204 Å². The van der Waals surface area contributed by atoms with Crippen LogP contribution >= 0.6 is 0 Å². The van der Waals surface area contributed by atoms with Crippen molar-refractivity contribution < 1.29 is 24.2 Å². The minimum atomic E-state index is -0.920. The summed E-state index contributed by atoms with van der Waals surface area (Å²) >= 11 is 0. The number of hydrogen-bond acceptors (Lipinski definition) is 4. The second-order valence-corrected chi connectivity index (χ2v) is 8.50. The number of carbonyl (C=O) groups is 3. The molecule has 0 fully saturated rings. The van der Waals surface area contributed by atoms with Gasteiger partial charge in [-0.2, -0.15) is 0 Å². The largest absolute Gasteiger partial charge is 0.481 e. The van der Waals surface area contributed by atoms with Crippen molar-refractivity contribution in [1.82, 2.24) is 10.6 Å². The molecule has 7 nitrogen and oxygen atoms in total. The van der Waals surface area contributed by atoms with Gasteiger partial charge in [-0.3, -0.25) is 9.59 Å². The van der Waals surface area contributed by atoms with Gasteiger partial charge < -0.3 is 20.5 Å². The summed E-state index contributed by atoms with van der Waals surface area (Å²) in [6.45, 7) is 0.362. The van der Waals surface area contributed by atoms with E-state index in [1.165, 1.54) is 0 Å². The van der Waals surface area contributed by atoms with Crippen LogP contribution in [0.1, 0.15) is 35.4 Å². The molecule has 0 aliphatic heterocycles. The average molecular weight is 473 g/mol. The van der Waals surface area contributed by atoms with Crippen LogP contribution in [-0.4, -0.2) is 42.3 Å². The van der Waals surface area contributed by atoms with Gasteiger partial charge in [0.1, 0.15) is 12.6 Å². The van der Waals surface area contributed by atoms with E-state index in [1.54, 1.807) is 0 Å². The minimum Gasteiger partial charge on any atom is -0.481 e. The molecule has 3 aromatic rings. The summed E-state index contributed by atoms with van der Waals surface area (Å²) < 4.78 is 5.61. The van der Waals surface area contributed by atoms with Gasteiger partial charge in [-0.15, -0.1) is 0 Å². The fourth-order valence-corrected chi connectivity index (χ4v) is 4.42. The molecule has 0 bridgehead atoms. The van der Waals surface area contributed by atoms with Crippen molar-refractivity contribution in [3.8, 4) is 11.1 Å². The molecule has 0 saturated carbocycles. The zero-order chi connectivity index (χ0) is 24.6. The molecule has 1 atom stereocenters. The summed E-state index contributed by atoms with van der Waals surface area (Å²) in [4.78, 5) is 36.3. The fourth-order valence-electron chi connectivity index (χ4n) is 4.42. The maximum absolute atomic E-state index is 12.8. The third-order valence-electron chi connectivity index (χ3n) is 6.10. The average Bonchev–Trinajstić information content (AvgIpc) is 3.19. The summed E-state index contributed by atoms with van der Waals surface area (Å²) in [6, 6.07) is 24.7. The Morgan fingerprint density at radius 2 is 1.46 bits per heavy atom. The Balaban J connectivity index is 1.40. The lowest BCUT2D eigenvalue weighted by Gasteiger charge is -2.20. The molecule has 0 radical (unpaired) electrons. The number of fused-ring (bicyclic) bond motifs is 3. The molecule has 4 rings (SSSR count). The summed E-state index contributed by atoms with van der Waals surface area (Å²) in [5.41, 5.74) is 5.38. The Bertz CT molecular complexity index is 1150. The molecule has 0 aromatic heterocycles. The van der Waals surface area contributed by atoms with Crippen molar-refractivity contribution in [3.63, 3.8) is 0 Å². The first-order valence-corrected chi connectivity index (χ1v) is 11.7. The van der Waals surface area contributed by atoms with Gasteiger partial charge in [0.15, 0.2) is 0 Å². The lowest BCUT2D eigenvalue weighted by molar-refractivity contribution is -0.137. The summed E-state index contributed by atoms with van der Waals surface area (Å²) in [5, 5.41) is 14.2. The lowest BCUT2D eigenvalue weighted by atomic mass is 9.98. The van der Waals surface area contributed by atoms with Gasteiger partial charge in [-0.25, -0.2) is 4.79 Å². The van der Waals surface area contributed by atoms with E-state index in [1.807, 2.05) is 66.7 Å². The Morgan fingerprint density at radius 3 is 2.09 bits per heavy atom. The lowest BCUT2D eigenvalue weighted by Crippen LogP contribution is -2.48. The number of rotatable bonds is 10. The minimum absolute atomic E-state index is 0.0383. The number of carboxylic acid groups (broad SMARTS) is 1. The smallest absolute Gasteiger partial charge is 0.407 e. The molecule has 0 spiro atoms. The first-order chi connectivity index (χ1) is 17.0. The van der Waals surface area contributed by atoms with Crippen LogP contribution in [0.4, 0.5) is 4.79 Å². The molecule has 0 saturated heterocycles. The second-order valence-electron chi connectivity index (χ2n) is 8.50. The van der Waals surface area contributed by atoms with Gasteiger partial charge >= 0.3 is 12.1 Å². The topological polar surface area (TPSA) is 105 Å². The molecule has 3 N–H and O–H groups in total. The van der Waals surface area contributed by atoms with Crippen molar-refractivity contribution in [2.45, 2.75) is 31.2 Å². The molecule has 3 aromatic carbocycles. The number of aliphatic carboxylic acids is 1. The van der Waals surface area contributed by atoms with Gasteiger partial charge in [-0.05, 0) is 34.2 Å². The van der Waals surface area contributed by atoms with Crippen molar-refractivity contribution >= 4 is 18.0 Å². The summed E-state index contributed by atoms with van der Waals surface area (Å²) in [6.07, 6.45) is -0.114. The van der Waals surface area contributed by atoms with E-state index in [0.717, 1.165) is 27.8 Å².